The molecule has 0 bridgehead atoms. The third kappa shape index (κ3) is 3.95. The molecule has 1 nitrogen and oxygen atoms in total. The van der Waals surface area contributed by atoms with Crippen LogP contribution in [0.25, 0.3) is 0 Å². The summed E-state index contributed by atoms with van der Waals surface area (Å²) in [6.45, 7) is 1.99. The number of carbonyl (C=O) groups is 1. The van der Waals surface area contributed by atoms with Crippen LogP contribution in [0.4, 0.5) is 13.2 Å². The van der Waals surface area contributed by atoms with Gasteiger partial charge >= 0.3 is 6.18 Å². The van der Waals surface area contributed by atoms with Crippen molar-refractivity contribution in [3.05, 3.63) is 55.7 Å². The Morgan fingerprint density at radius 3 is 2.43 bits per heavy atom. The van der Waals surface area contributed by atoms with Crippen molar-refractivity contribution in [1.82, 2.24) is 0 Å². The molecule has 1 aromatic heterocycles. The van der Waals surface area contributed by atoms with Crippen molar-refractivity contribution in [2.24, 2.45) is 0 Å². The van der Waals surface area contributed by atoms with Gasteiger partial charge in [0.2, 0.25) is 0 Å². The Balaban J connectivity index is 2.30. The summed E-state index contributed by atoms with van der Waals surface area (Å²) in [6.07, 6.45) is -3.70. The maximum atomic E-state index is 13.0. The van der Waals surface area contributed by atoms with Gasteiger partial charge in [-0.05, 0) is 36.8 Å². The van der Waals surface area contributed by atoms with Crippen molar-refractivity contribution in [1.29, 1.82) is 0 Å². The summed E-state index contributed by atoms with van der Waals surface area (Å²) in [7, 11) is 0. The molecule has 21 heavy (non-hydrogen) atoms. The van der Waals surface area contributed by atoms with Crippen molar-refractivity contribution < 1.29 is 18.0 Å². The first-order valence-electron chi connectivity index (χ1n) is 6.28. The Bertz CT molecular complexity index is 661. The zero-order valence-corrected chi connectivity index (χ0v) is 13.5. The highest BCUT2D eigenvalue weighted by Gasteiger charge is 2.35. The van der Waals surface area contributed by atoms with E-state index in [1.807, 2.05) is 13.0 Å². The van der Waals surface area contributed by atoms with Gasteiger partial charge in [-0.1, -0.05) is 22.9 Å². The van der Waals surface area contributed by atoms with Crippen molar-refractivity contribution in [2.75, 3.05) is 0 Å². The van der Waals surface area contributed by atoms with Gasteiger partial charge in [0, 0.05) is 26.2 Å². The van der Waals surface area contributed by atoms with Crippen LogP contribution in [0.2, 0.25) is 0 Å². The number of aryl methyl sites for hydroxylation is 1. The molecular weight excluding hydrogens is 365 g/mol. The molecule has 1 heterocycles. The monoisotopic (exact) mass is 376 g/mol. The fraction of sp³-hybridized carbons (Fsp3) is 0.267. The van der Waals surface area contributed by atoms with Crippen LogP contribution in [-0.4, -0.2) is 5.78 Å². The largest absolute Gasteiger partial charge is 0.417 e. The van der Waals surface area contributed by atoms with Gasteiger partial charge in [0.05, 0.1) is 5.56 Å². The SMILES string of the molecule is CCc1ccc(CC(=O)c2ccc(Br)cc2C(F)(F)F)s1. The van der Waals surface area contributed by atoms with Crippen LogP contribution in [0.3, 0.4) is 0 Å². The molecule has 0 N–H and O–H groups in total. The van der Waals surface area contributed by atoms with Gasteiger partial charge in [-0.2, -0.15) is 13.2 Å². The van der Waals surface area contributed by atoms with Crippen LogP contribution in [0, 0.1) is 0 Å². The zero-order chi connectivity index (χ0) is 15.6. The predicted octanol–water partition coefficient (Wildman–Crippen LogP) is 5.52. The molecule has 0 aliphatic heterocycles. The molecule has 2 aromatic rings. The third-order valence-electron chi connectivity index (χ3n) is 2.99. The third-order valence-corrected chi connectivity index (χ3v) is 4.71. The van der Waals surface area contributed by atoms with Gasteiger partial charge in [-0.25, -0.2) is 0 Å². The number of alkyl halides is 3. The Hall–Kier alpha value is -1.14. The molecular formula is C15H12BrF3OS. The number of Topliss-reactive ketones (excluding diaryl/α,β-unsaturated/α-hetero) is 1. The minimum atomic E-state index is -4.54. The second-order valence-corrected chi connectivity index (χ2v) is 6.68. The fourth-order valence-electron chi connectivity index (χ4n) is 1.95. The normalized spacial score (nSPS) is 11.7. The van der Waals surface area contributed by atoms with E-state index >= 15 is 0 Å². The number of thiophene rings is 1. The van der Waals surface area contributed by atoms with Crippen molar-refractivity contribution in [3.8, 4) is 0 Å². The minimum Gasteiger partial charge on any atom is -0.294 e. The second kappa shape index (κ2) is 6.32. The Labute approximate surface area is 132 Å². The van der Waals surface area contributed by atoms with E-state index in [0.717, 1.165) is 22.2 Å². The summed E-state index contributed by atoms with van der Waals surface area (Å²) in [5, 5.41) is 0. The van der Waals surface area contributed by atoms with Gasteiger partial charge in [-0.15, -0.1) is 11.3 Å². The summed E-state index contributed by atoms with van der Waals surface area (Å²) in [5.74, 6) is -0.515. The quantitative estimate of drug-likeness (QED) is 0.642. The molecule has 0 amide bonds. The second-order valence-electron chi connectivity index (χ2n) is 4.51. The van der Waals surface area contributed by atoms with Crippen molar-refractivity contribution >= 4 is 33.0 Å². The Morgan fingerprint density at radius 2 is 1.86 bits per heavy atom. The molecule has 2 rings (SSSR count). The molecule has 6 heteroatoms. The van der Waals surface area contributed by atoms with Gasteiger partial charge in [0.15, 0.2) is 5.78 Å². The lowest BCUT2D eigenvalue weighted by atomic mass is 10.0. The average molecular weight is 377 g/mol. The summed E-state index contributed by atoms with van der Waals surface area (Å²) >= 11 is 4.47. The molecule has 0 saturated heterocycles. The Morgan fingerprint density at radius 1 is 1.19 bits per heavy atom. The maximum Gasteiger partial charge on any atom is 0.417 e. The van der Waals surface area contributed by atoms with Gasteiger partial charge in [0.25, 0.3) is 0 Å². The van der Waals surface area contributed by atoms with Gasteiger partial charge in [-0.3, -0.25) is 4.79 Å². The maximum absolute atomic E-state index is 13.0. The molecule has 0 atom stereocenters. The number of rotatable bonds is 4. The molecule has 0 aliphatic rings. The van der Waals surface area contributed by atoms with Crippen LogP contribution in [0.1, 0.15) is 32.6 Å². The first-order chi connectivity index (χ1) is 9.81. The Kier molecular flexibility index (Phi) is 4.88. The molecule has 0 spiro atoms. The van der Waals surface area contributed by atoms with Crippen LogP contribution in [0.5, 0.6) is 0 Å². The van der Waals surface area contributed by atoms with Crippen LogP contribution in [0.15, 0.2) is 34.8 Å². The van der Waals surface area contributed by atoms with E-state index in [4.69, 9.17) is 0 Å². The van der Waals surface area contributed by atoms with E-state index in [2.05, 4.69) is 15.9 Å². The number of carbonyl (C=O) groups excluding carboxylic acids is 1. The molecule has 0 radical (unpaired) electrons. The fourth-order valence-corrected chi connectivity index (χ4v) is 3.27. The molecule has 112 valence electrons. The standard InChI is InChI=1S/C15H12BrF3OS/c1-2-10-4-5-11(21-10)8-14(20)12-6-3-9(16)7-13(12)15(17,18)19/h3-7H,2,8H2,1H3. The van der Waals surface area contributed by atoms with Crippen molar-refractivity contribution in [3.63, 3.8) is 0 Å². The molecule has 0 aliphatic carbocycles. The lowest BCUT2D eigenvalue weighted by Gasteiger charge is -2.12. The van der Waals surface area contributed by atoms with Crippen LogP contribution >= 0.6 is 27.3 Å². The van der Waals surface area contributed by atoms with E-state index in [0.29, 0.717) is 4.47 Å². The number of benzene rings is 1. The highest BCUT2D eigenvalue weighted by Crippen LogP contribution is 2.34. The topological polar surface area (TPSA) is 17.1 Å². The molecule has 0 saturated carbocycles. The lowest BCUT2D eigenvalue weighted by molar-refractivity contribution is -0.137. The lowest BCUT2D eigenvalue weighted by Crippen LogP contribution is -2.14. The first kappa shape index (κ1) is 16.2. The molecule has 0 fully saturated rings. The first-order valence-corrected chi connectivity index (χ1v) is 7.89. The van der Waals surface area contributed by atoms with Crippen LogP contribution < -0.4 is 0 Å². The summed E-state index contributed by atoms with van der Waals surface area (Å²) in [4.78, 5) is 14.1. The summed E-state index contributed by atoms with van der Waals surface area (Å²) < 4.78 is 39.3. The number of ketones is 1. The predicted molar refractivity (Wildman–Crippen MR) is 80.9 cm³/mol. The smallest absolute Gasteiger partial charge is 0.294 e. The van der Waals surface area contributed by atoms with Crippen LogP contribution in [-0.2, 0) is 19.0 Å². The van der Waals surface area contributed by atoms with E-state index in [-0.39, 0.29) is 12.0 Å². The van der Waals surface area contributed by atoms with Gasteiger partial charge in [0.1, 0.15) is 0 Å². The molecule has 1 aromatic carbocycles. The van der Waals surface area contributed by atoms with E-state index < -0.39 is 17.5 Å². The van der Waals surface area contributed by atoms with Crippen molar-refractivity contribution in [2.45, 2.75) is 25.9 Å². The summed E-state index contributed by atoms with van der Waals surface area (Å²) in [5.41, 5.74) is -1.17. The number of halogens is 4. The molecule has 0 unspecified atom stereocenters. The average Bonchev–Trinajstić information content (AvgIpc) is 2.85. The van der Waals surface area contributed by atoms with E-state index in [9.17, 15) is 18.0 Å². The van der Waals surface area contributed by atoms with Gasteiger partial charge < -0.3 is 0 Å². The highest BCUT2D eigenvalue weighted by atomic mass is 79.9. The van der Waals surface area contributed by atoms with E-state index in [1.54, 1.807) is 6.07 Å². The zero-order valence-electron chi connectivity index (χ0n) is 11.1. The minimum absolute atomic E-state index is 0.00458. The highest BCUT2D eigenvalue weighted by molar-refractivity contribution is 9.10. The summed E-state index contributed by atoms with van der Waals surface area (Å²) in [6, 6.07) is 7.32. The number of hydrogen-bond donors (Lipinski definition) is 0. The number of hydrogen-bond acceptors (Lipinski definition) is 2. The van der Waals surface area contributed by atoms with E-state index in [1.165, 1.54) is 23.5 Å².